The standard InChI is InChI=1S/C47H42N2O5S/c1-49(43(45(51)52)30-33-18-6-2-7-19-33)44(50)42(48-46(53)54-31-41-39-28-16-14-26-37(39)38-27-15-17-29-40(38)41)32-55-47(34-20-8-3-9-21-34,35-22-10-4-11-23-35)36-24-12-5-13-25-36/h2-29,41-43H,30-32H2,1H3,(H,48,53)(H,51,52)/t42-,43-/m0/s1. The number of nitrogens with one attached hydrogen (secondary N) is 1. The Balaban J connectivity index is 1.21. The minimum absolute atomic E-state index is 0.0670. The molecule has 0 heterocycles. The van der Waals surface area contributed by atoms with Crippen LogP contribution >= 0.6 is 11.8 Å². The van der Waals surface area contributed by atoms with Gasteiger partial charge in [0.1, 0.15) is 18.7 Å². The number of ether oxygens (including phenoxy) is 1. The maximum Gasteiger partial charge on any atom is 0.407 e. The fourth-order valence-corrected chi connectivity index (χ4v) is 9.11. The van der Waals surface area contributed by atoms with Crippen molar-refractivity contribution in [1.82, 2.24) is 10.2 Å². The van der Waals surface area contributed by atoms with Gasteiger partial charge in [-0.1, -0.05) is 170 Å². The van der Waals surface area contributed by atoms with Crippen LogP contribution in [0.15, 0.2) is 170 Å². The average molecular weight is 747 g/mol. The number of hydrogen-bond acceptors (Lipinski definition) is 5. The Hall–Kier alpha value is -6.12. The Kier molecular flexibility index (Phi) is 11.4. The van der Waals surface area contributed by atoms with Crippen molar-refractivity contribution in [1.29, 1.82) is 0 Å². The lowest BCUT2D eigenvalue weighted by Crippen LogP contribution is -2.54. The molecule has 1 aliphatic rings. The summed E-state index contributed by atoms with van der Waals surface area (Å²) in [7, 11) is 1.49. The summed E-state index contributed by atoms with van der Waals surface area (Å²) in [6, 6.07) is 53.3. The Bertz CT molecular complexity index is 2090. The third kappa shape index (κ3) is 7.91. The summed E-state index contributed by atoms with van der Waals surface area (Å²) in [5, 5.41) is 13.3. The van der Waals surface area contributed by atoms with Crippen LogP contribution in [-0.2, 0) is 25.5 Å². The largest absolute Gasteiger partial charge is 0.480 e. The molecular formula is C47H42N2O5S. The smallest absolute Gasteiger partial charge is 0.407 e. The van der Waals surface area contributed by atoms with E-state index in [1.807, 2.05) is 121 Å². The lowest BCUT2D eigenvalue weighted by atomic mass is 9.84. The first-order valence-electron chi connectivity index (χ1n) is 18.3. The number of carboxylic acid groups (broad SMARTS) is 1. The van der Waals surface area contributed by atoms with Gasteiger partial charge in [0.25, 0.3) is 0 Å². The molecule has 7 rings (SSSR count). The molecule has 0 fully saturated rings. The molecule has 2 amide bonds. The number of carbonyl (C=O) groups is 3. The predicted molar refractivity (Wildman–Crippen MR) is 218 cm³/mol. The minimum Gasteiger partial charge on any atom is -0.480 e. The van der Waals surface area contributed by atoms with E-state index in [0.717, 1.165) is 44.5 Å². The topological polar surface area (TPSA) is 95.9 Å². The van der Waals surface area contributed by atoms with Crippen molar-refractivity contribution in [2.75, 3.05) is 19.4 Å². The summed E-state index contributed by atoms with van der Waals surface area (Å²) < 4.78 is 5.15. The van der Waals surface area contributed by atoms with E-state index in [4.69, 9.17) is 4.74 Å². The van der Waals surface area contributed by atoms with E-state index in [2.05, 4.69) is 53.8 Å². The van der Waals surface area contributed by atoms with Gasteiger partial charge in [-0.2, -0.15) is 0 Å². The van der Waals surface area contributed by atoms with Crippen LogP contribution in [0, 0.1) is 0 Å². The Labute approximate surface area is 326 Å². The third-order valence-corrected chi connectivity index (χ3v) is 12.0. The lowest BCUT2D eigenvalue weighted by Gasteiger charge is -2.37. The molecule has 6 aromatic rings. The van der Waals surface area contributed by atoms with Gasteiger partial charge in [-0.3, -0.25) is 4.79 Å². The molecule has 8 heteroatoms. The summed E-state index contributed by atoms with van der Waals surface area (Å²) in [5.74, 6) is -1.75. The van der Waals surface area contributed by atoms with E-state index in [1.165, 1.54) is 23.7 Å². The van der Waals surface area contributed by atoms with Gasteiger partial charge < -0.3 is 20.1 Å². The second-order valence-corrected chi connectivity index (χ2v) is 14.8. The molecule has 2 atom stereocenters. The molecule has 55 heavy (non-hydrogen) atoms. The summed E-state index contributed by atoms with van der Waals surface area (Å²) in [4.78, 5) is 42.4. The number of thioether (sulfide) groups is 1. The van der Waals surface area contributed by atoms with E-state index >= 15 is 0 Å². The highest BCUT2D eigenvalue weighted by molar-refractivity contribution is 8.00. The van der Waals surface area contributed by atoms with Crippen molar-refractivity contribution in [3.05, 3.63) is 203 Å². The molecule has 0 spiro atoms. The van der Waals surface area contributed by atoms with Crippen molar-refractivity contribution in [2.45, 2.75) is 29.2 Å². The van der Waals surface area contributed by atoms with Crippen LogP contribution in [0.25, 0.3) is 11.1 Å². The highest BCUT2D eigenvalue weighted by Gasteiger charge is 2.40. The van der Waals surface area contributed by atoms with Crippen LogP contribution in [0.1, 0.15) is 39.3 Å². The van der Waals surface area contributed by atoms with Crippen LogP contribution in [0.4, 0.5) is 4.79 Å². The average Bonchev–Trinajstić information content (AvgIpc) is 3.56. The van der Waals surface area contributed by atoms with E-state index < -0.39 is 34.8 Å². The van der Waals surface area contributed by atoms with Gasteiger partial charge in [-0.15, -0.1) is 11.8 Å². The maximum atomic E-state index is 14.6. The van der Waals surface area contributed by atoms with Crippen LogP contribution in [0.3, 0.4) is 0 Å². The molecule has 6 aromatic carbocycles. The first-order valence-corrected chi connectivity index (χ1v) is 19.3. The quantitative estimate of drug-likeness (QED) is 0.108. The minimum atomic E-state index is -1.17. The number of amides is 2. The predicted octanol–water partition coefficient (Wildman–Crippen LogP) is 8.77. The van der Waals surface area contributed by atoms with Crippen LogP contribution in [0.5, 0.6) is 0 Å². The fraction of sp³-hybridized carbons (Fsp3) is 0.170. The zero-order valence-corrected chi connectivity index (χ0v) is 31.3. The molecule has 0 bridgehead atoms. The third-order valence-electron chi connectivity index (χ3n) is 10.3. The number of rotatable bonds is 14. The number of alkyl carbamates (subject to hydrolysis) is 1. The Morgan fingerprint density at radius 3 is 1.58 bits per heavy atom. The van der Waals surface area contributed by atoms with E-state index in [-0.39, 0.29) is 24.7 Å². The Morgan fingerprint density at radius 2 is 1.11 bits per heavy atom. The number of carboxylic acids is 1. The molecule has 1 aliphatic carbocycles. The fourth-order valence-electron chi connectivity index (χ4n) is 7.56. The zero-order valence-electron chi connectivity index (χ0n) is 30.5. The van der Waals surface area contributed by atoms with Crippen molar-refractivity contribution in [3.8, 4) is 11.1 Å². The van der Waals surface area contributed by atoms with Crippen molar-refractivity contribution in [3.63, 3.8) is 0 Å². The maximum absolute atomic E-state index is 14.6. The van der Waals surface area contributed by atoms with E-state index in [9.17, 15) is 19.5 Å². The highest BCUT2D eigenvalue weighted by Crippen LogP contribution is 2.49. The van der Waals surface area contributed by atoms with Gasteiger partial charge in [-0.05, 0) is 44.5 Å². The molecule has 0 saturated carbocycles. The van der Waals surface area contributed by atoms with Crippen LogP contribution < -0.4 is 5.32 Å². The number of hydrogen-bond donors (Lipinski definition) is 2. The second-order valence-electron chi connectivity index (χ2n) is 13.6. The molecule has 0 unspecified atom stereocenters. The molecular weight excluding hydrogens is 705 g/mol. The molecule has 0 saturated heterocycles. The van der Waals surface area contributed by atoms with E-state index in [1.54, 1.807) is 0 Å². The van der Waals surface area contributed by atoms with Crippen LogP contribution in [-0.4, -0.2) is 59.5 Å². The molecule has 7 nitrogen and oxygen atoms in total. The molecule has 0 aromatic heterocycles. The first-order chi connectivity index (χ1) is 26.9. The highest BCUT2D eigenvalue weighted by atomic mass is 32.2. The summed E-state index contributed by atoms with van der Waals surface area (Å²) in [5.41, 5.74) is 8.11. The van der Waals surface area contributed by atoms with Gasteiger partial charge in [-0.25, -0.2) is 9.59 Å². The lowest BCUT2D eigenvalue weighted by molar-refractivity contribution is -0.149. The van der Waals surface area contributed by atoms with E-state index in [0.29, 0.717) is 0 Å². The van der Waals surface area contributed by atoms with Crippen molar-refractivity contribution < 1.29 is 24.2 Å². The number of aliphatic carboxylic acids is 1. The summed E-state index contributed by atoms with van der Waals surface area (Å²) in [6.07, 6.45) is -0.653. The molecule has 276 valence electrons. The van der Waals surface area contributed by atoms with Gasteiger partial charge in [0.15, 0.2) is 0 Å². The molecule has 0 aliphatic heterocycles. The Morgan fingerprint density at radius 1 is 0.673 bits per heavy atom. The van der Waals surface area contributed by atoms with Gasteiger partial charge in [0, 0.05) is 25.1 Å². The van der Waals surface area contributed by atoms with Crippen LogP contribution in [0.2, 0.25) is 0 Å². The number of fused-ring (bicyclic) bond motifs is 3. The zero-order chi connectivity index (χ0) is 38.2. The van der Waals surface area contributed by atoms with Crippen molar-refractivity contribution in [2.24, 2.45) is 0 Å². The monoisotopic (exact) mass is 746 g/mol. The van der Waals surface area contributed by atoms with Crippen molar-refractivity contribution >= 4 is 29.7 Å². The molecule has 2 N–H and O–H groups in total. The molecule has 0 radical (unpaired) electrons. The summed E-state index contributed by atoms with van der Waals surface area (Å²) >= 11 is 1.51. The SMILES string of the molecule is CN(C(=O)[C@H](CSC(c1ccccc1)(c1ccccc1)c1ccccc1)NC(=O)OCC1c2ccccc2-c2ccccc21)[C@@H](Cc1ccccc1)C(=O)O. The summed E-state index contributed by atoms with van der Waals surface area (Å²) in [6.45, 7) is 0.0670. The second kappa shape index (κ2) is 16.9. The van der Waals surface area contributed by atoms with Gasteiger partial charge in [0.05, 0.1) is 4.75 Å². The van der Waals surface area contributed by atoms with Gasteiger partial charge in [0.2, 0.25) is 5.91 Å². The first kappa shape index (κ1) is 37.2. The number of carbonyl (C=O) groups excluding carboxylic acids is 2. The number of likely N-dealkylation sites (N-methyl/N-ethyl adjacent to an activating group) is 1. The normalized spacial score (nSPS) is 13.2. The number of nitrogens with zero attached hydrogens (tertiary/aromatic N) is 1. The van der Waals surface area contributed by atoms with Gasteiger partial charge >= 0.3 is 12.1 Å². The number of benzene rings is 6.